The summed E-state index contributed by atoms with van der Waals surface area (Å²) < 4.78 is 0. The lowest BCUT2D eigenvalue weighted by Crippen LogP contribution is -2.66. The second-order valence-electron chi connectivity index (χ2n) is 13.9. The summed E-state index contributed by atoms with van der Waals surface area (Å²) in [5.41, 5.74) is -0.495. The molecular formula is C27H54N4O. The van der Waals surface area contributed by atoms with E-state index >= 15 is 0 Å². The molecule has 2 saturated heterocycles. The number of rotatable bonds is 8. The van der Waals surface area contributed by atoms with Crippen LogP contribution in [0.2, 0.25) is 0 Å². The molecule has 0 aromatic heterocycles. The Bertz CT molecular complexity index is 622. The van der Waals surface area contributed by atoms with Crippen molar-refractivity contribution in [2.45, 2.75) is 155 Å². The van der Waals surface area contributed by atoms with Gasteiger partial charge in [-0.15, -0.1) is 0 Å². The van der Waals surface area contributed by atoms with Crippen molar-refractivity contribution in [3.8, 4) is 0 Å². The number of nitrogens with zero attached hydrogens (tertiary/aromatic N) is 1. The molecule has 188 valence electrons. The SMILES string of the molecule is CCCCCCC(C)(C(=O)N(N)C1CC(C)(C)NC(C)(C)C1)C1CC(C)(C)NC(C)(C)C1. The highest BCUT2D eigenvalue weighted by atomic mass is 16.2. The maximum atomic E-state index is 14.2. The molecule has 4 N–H and O–H groups in total. The number of hydrazine groups is 1. The molecule has 2 heterocycles. The number of piperidine rings is 2. The van der Waals surface area contributed by atoms with Crippen molar-refractivity contribution < 1.29 is 4.79 Å². The number of unbranched alkanes of at least 4 members (excludes halogenated alkanes) is 3. The van der Waals surface area contributed by atoms with Crippen molar-refractivity contribution in [1.29, 1.82) is 0 Å². The van der Waals surface area contributed by atoms with E-state index in [1.165, 1.54) is 19.3 Å². The van der Waals surface area contributed by atoms with Crippen molar-refractivity contribution in [2.24, 2.45) is 17.2 Å². The highest BCUT2D eigenvalue weighted by Crippen LogP contribution is 2.47. The predicted octanol–water partition coefficient (Wildman–Crippen LogP) is 5.53. The Balaban J connectivity index is 2.33. The fraction of sp³-hybridized carbons (Fsp3) is 0.963. The molecule has 5 heteroatoms. The van der Waals surface area contributed by atoms with E-state index in [9.17, 15) is 4.79 Å². The molecule has 0 aliphatic carbocycles. The van der Waals surface area contributed by atoms with Crippen molar-refractivity contribution in [1.82, 2.24) is 15.6 Å². The Morgan fingerprint density at radius 3 is 1.72 bits per heavy atom. The summed E-state index contributed by atoms with van der Waals surface area (Å²) >= 11 is 0. The normalized spacial score (nSPS) is 27.0. The Morgan fingerprint density at radius 2 is 1.28 bits per heavy atom. The standard InChI is InChI=1S/C27H54N4O/c1-11-12-13-14-15-27(10,20-16-23(2,3)29-24(4,5)17-20)22(32)31(28)21-18-25(6,7)30-26(8,9)19-21/h20-21,29-30H,11-19,28H2,1-10H3. The third kappa shape index (κ3) is 6.93. The molecule has 32 heavy (non-hydrogen) atoms. The van der Waals surface area contributed by atoms with E-state index in [1.54, 1.807) is 5.01 Å². The Labute approximate surface area is 199 Å². The van der Waals surface area contributed by atoms with Gasteiger partial charge < -0.3 is 10.6 Å². The second-order valence-corrected chi connectivity index (χ2v) is 13.9. The number of hydrogen-bond acceptors (Lipinski definition) is 4. The minimum atomic E-state index is -0.432. The van der Waals surface area contributed by atoms with E-state index < -0.39 is 5.41 Å². The molecule has 2 aliphatic heterocycles. The van der Waals surface area contributed by atoms with Crippen molar-refractivity contribution >= 4 is 5.91 Å². The van der Waals surface area contributed by atoms with Crippen LogP contribution in [0.1, 0.15) is 127 Å². The Morgan fingerprint density at radius 1 is 0.844 bits per heavy atom. The Hall–Kier alpha value is -0.650. The van der Waals surface area contributed by atoms with Crippen LogP contribution >= 0.6 is 0 Å². The average molecular weight is 451 g/mol. The number of amides is 1. The maximum absolute atomic E-state index is 14.2. The molecule has 0 radical (unpaired) electrons. The molecule has 1 unspecified atom stereocenters. The number of carbonyl (C=O) groups is 1. The van der Waals surface area contributed by atoms with Crippen LogP contribution in [-0.4, -0.2) is 39.1 Å². The Kier molecular flexibility index (Phi) is 8.23. The fourth-order valence-electron chi connectivity index (χ4n) is 7.10. The van der Waals surface area contributed by atoms with Gasteiger partial charge in [-0.1, -0.05) is 39.5 Å². The summed E-state index contributed by atoms with van der Waals surface area (Å²) in [6, 6.07) is 0.0615. The van der Waals surface area contributed by atoms with Crippen LogP contribution in [0.15, 0.2) is 0 Å². The topological polar surface area (TPSA) is 70.4 Å². The number of nitrogens with two attached hydrogens (primary N) is 1. The highest BCUT2D eigenvalue weighted by Gasteiger charge is 2.51. The first-order valence-corrected chi connectivity index (χ1v) is 13.1. The predicted molar refractivity (Wildman–Crippen MR) is 136 cm³/mol. The van der Waals surface area contributed by atoms with Gasteiger partial charge in [0.15, 0.2) is 0 Å². The minimum absolute atomic E-state index is 0.00947. The first-order valence-electron chi connectivity index (χ1n) is 13.1. The fourth-order valence-corrected chi connectivity index (χ4v) is 7.10. The van der Waals surface area contributed by atoms with Crippen LogP contribution in [0.5, 0.6) is 0 Å². The zero-order chi connectivity index (χ0) is 24.6. The largest absolute Gasteiger partial charge is 0.307 e. The van der Waals surface area contributed by atoms with Gasteiger partial charge in [-0.2, -0.15) is 0 Å². The van der Waals surface area contributed by atoms with Gasteiger partial charge in [0.25, 0.3) is 0 Å². The summed E-state index contributed by atoms with van der Waals surface area (Å²) in [4.78, 5) is 14.2. The van der Waals surface area contributed by atoms with E-state index in [-0.39, 0.29) is 34.1 Å². The number of nitrogens with one attached hydrogen (secondary N) is 2. The lowest BCUT2D eigenvalue weighted by Gasteiger charge is -2.53. The zero-order valence-corrected chi connectivity index (χ0v) is 23.0. The lowest BCUT2D eigenvalue weighted by atomic mass is 9.62. The number of hydrogen-bond donors (Lipinski definition) is 3. The first kappa shape index (κ1) is 27.6. The van der Waals surface area contributed by atoms with Gasteiger partial charge >= 0.3 is 0 Å². The molecule has 5 nitrogen and oxygen atoms in total. The van der Waals surface area contributed by atoms with Crippen molar-refractivity contribution in [3.05, 3.63) is 0 Å². The van der Waals surface area contributed by atoms with Crippen LogP contribution < -0.4 is 16.5 Å². The van der Waals surface area contributed by atoms with Gasteiger partial charge in [0.2, 0.25) is 5.91 Å². The minimum Gasteiger partial charge on any atom is -0.307 e. The summed E-state index contributed by atoms with van der Waals surface area (Å²) in [5.74, 6) is 7.21. The molecule has 0 aromatic rings. The third-order valence-electron chi connectivity index (χ3n) is 7.93. The molecular weight excluding hydrogens is 396 g/mol. The highest BCUT2D eigenvalue weighted by molar-refractivity contribution is 5.82. The van der Waals surface area contributed by atoms with Crippen molar-refractivity contribution in [3.63, 3.8) is 0 Å². The van der Waals surface area contributed by atoms with Crippen LogP contribution in [0.3, 0.4) is 0 Å². The summed E-state index contributed by atoms with van der Waals surface area (Å²) in [7, 11) is 0. The van der Waals surface area contributed by atoms with Gasteiger partial charge in [-0.05, 0) is 93.4 Å². The monoisotopic (exact) mass is 450 g/mol. The van der Waals surface area contributed by atoms with Gasteiger partial charge in [0.1, 0.15) is 0 Å². The van der Waals surface area contributed by atoms with Crippen LogP contribution in [-0.2, 0) is 4.79 Å². The van der Waals surface area contributed by atoms with E-state index in [0.717, 1.165) is 38.5 Å². The molecule has 2 rings (SSSR count). The average Bonchev–Trinajstić information content (AvgIpc) is 2.58. The van der Waals surface area contributed by atoms with Gasteiger partial charge in [0.05, 0.1) is 11.5 Å². The number of carbonyl (C=O) groups excluding carboxylic acids is 1. The quantitative estimate of drug-likeness (QED) is 0.197. The van der Waals surface area contributed by atoms with Crippen LogP contribution in [0.4, 0.5) is 0 Å². The summed E-state index contributed by atoms with van der Waals surface area (Å²) in [5, 5.41) is 9.18. The molecule has 0 saturated carbocycles. The smallest absolute Gasteiger partial charge is 0.242 e. The first-order chi connectivity index (χ1) is 14.4. The molecule has 1 amide bonds. The maximum Gasteiger partial charge on any atom is 0.242 e. The summed E-state index contributed by atoms with van der Waals surface area (Å²) in [6.45, 7) is 22.5. The van der Waals surface area contributed by atoms with Gasteiger partial charge in [-0.3, -0.25) is 9.80 Å². The summed E-state index contributed by atoms with van der Waals surface area (Å²) in [6.07, 6.45) is 9.42. The van der Waals surface area contributed by atoms with Crippen LogP contribution in [0.25, 0.3) is 0 Å². The van der Waals surface area contributed by atoms with Crippen molar-refractivity contribution in [2.75, 3.05) is 0 Å². The molecule has 1 atom stereocenters. The van der Waals surface area contributed by atoms with E-state index in [0.29, 0.717) is 5.92 Å². The molecule has 0 aromatic carbocycles. The van der Waals surface area contributed by atoms with Crippen LogP contribution in [0, 0.1) is 11.3 Å². The molecule has 2 aliphatic rings. The lowest BCUT2D eigenvalue weighted by molar-refractivity contribution is -0.152. The van der Waals surface area contributed by atoms with Gasteiger partial charge in [-0.25, -0.2) is 5.84 Å². The zero-order valence-electron chi connectivity index (χ0n) is 23.0. The molecule has 2 fully saturated rings. The van der Waals surface area contributed by atoms with E-state index in [1.807, 2.05) is 0 Å². The molecule has 0 bridgehead atoms. The van der Waals surface area contributed by atoms with E-state index in [4.69, 9.17) is 5.84 Å². The second kappa shape index (κ2) is 9.54. The molecule has 0 spiro atoms. The van der Waals surface area contributed by atoms with E-state index in [2.05, 4.69) is 79.9 Å². The third-order valence-corrected chi connectivity index (χ3v) is 7.93. The van der Waals surface area contributed by atoms with Gasteiger partial charge in [0, 0.05) is 22.2 Å².